The average Bonchev–Trinajstić information content (AvgIpc) is 1.69. The van der Waals surface area contributed by atoms with E-state index in [0.717, 1.165) is 0 Å². The van der Waals surface area contributed by atoms with Crippen LogP contribution in [0.2, 0.25) is 0 Å². The van der Waals surface area contributed by atoms with Crippen LogP contribution in [0, 0.1) is 13.1 Å². The van der Waals surface area contributed by atoms with Gasteiger partial charge >= 0.3 is 0 Å². The summed E-state index contributed by atoms with van der Waals surface area (Å²) in [7, 11) is 0. The molecule has 0 N–H and O–H groups in total. The van der Waals surface area contributed by atoms with Gasteiger partial charge in [-0.05, 0) is 0 Å². The van der Waals surface area contributed by atoms with Gasteiger partial charge in [-0.1, -0.05) is 19.3 Å². The Bertz CT molecular complexity index is 138. The topological polar surface area (TPSA) is 12.9 Å². The van der Waals surface area contributed by atoms with E-state index >= 15 is 0 Å². The second-order valence-electron chi connectivity index (χ2n) is 1.46. The summed E-state index contributed by atoms with van der Waals surface area (Å²) in [6.45, 7) is 2.01. The molecule has 1 nitrogen and oxygen atoms in total. The quantitative estimate of drug-likeness (QED) is 0.407. The third-order valence-electron chi connectivity index (χ3n) is 0.779. The molecule has 0 aliphatic heterocycles. The molecule has 0 radical (unpaired) electrons. The molecule has 0 fully saturated rings. The molecule has 8 heavy (non-hydrogen) atoms. The largest absolute Gasteiger partial charge is 0.394 e. The monoisotopic (exact) mass is 156 g/mol. The number of rotatable bonds is 0. The molecule has 0 atom stereocenters. The predicted octanol–water partition coefficient (Wildman–Crippen LogP) is 1.19. The van der Waals surface area contributed by atoms with Crippen LogP contribution in [0.15, 0.2) is 18.3 Å². The van der Waals surface area contributed by atoms with Gasteiger partial charge in [-0.3, -0.25) is 0 Å². The first-order valence-corrected chi connectivity index (χ1v) is 2.18. The SMILES string of the molecule is Cc1c[c-]ncc1.[Zn]. The van der Waals surface area contributed by atoms with Gasteiger partial charge < -0.3 is 4.98 Å². The first-order valence-electron chi connectivity index (χ1n) is 2.18. The molecule has 2 heteroatoms. The normalized spacial score (nSPS) is 7.62. The zero-order valence-corrected chi connectivity index (χ0v) is 7.85. The Morgan fingerprint density at radius 1 is 1.62 bits per heavy atom. The fraction of sp³-hybridized carbons (Fsp3) is 0.167. The second-order valence-corrected chi connectivity index (χ2v) is 1.46. The molecule has 0 amide bonds. The molecule has 0 saturated carbocycles. The molecule has 1 heterocycles. The Hall–Kier alpha value is -0.227. The van der Waals surface area contributed by atoms with Crippen molar-refractivity contribution < 1.29 is 19.5 Å². The number of hydrogen-bond acceptors (Lipinski definition) is 1. The maximum Gasteiger partial charge on any atom is 0 e. The molecule has 0 spiro atoms. The van der Waals surface area contributed by atoms with E-state index in [4.69, 9.17) is 0 Å². The van der Waals surface area contributed by atoms with Crippen LogP contribution < -0.4 is 0 Å². The molecule has 38 valence electrons. The summed E-state index contributed by atoms with van der Waals surface area (Å²) in [5, 5.41) is 0. The van der Waals surface area contributed by atoms with Crippen molar-refractivity contribution in [1.29, 1.82) is 0 Å². The summed E-state index contributed by atoms with van der Waals surface area (Å²) in [6, 6.07) is 3.79. The summed E-state index contributed by atoms with van der Waals surface area (Å²) in [4.78, 5) is 3.72. The zero-order chi connectivity index (χ0) is 5.11. The van der Waals surface area contributed by atoms with Gasteiger partial charge in [-0.2, -0.15) is 17.7 Å². The molecule has 0 bridgehead atoms. The Morgan fingerprint density at radius 3 is 2.62 bits per heavy atom. The van der Waals surface area contributed by atoms with Crippen LogP contribution in [0.5, 0.6) is 0 Å². The first-order chi connectivity index (χ1) is 3.39. The molecule has 0 aromatic carbocycles. The number of aromatic nitrogens is 1. The minimum Gasteiger partial charge on any atom is -0.394 e. The van der Waals surface area contributed by atoms with Crippen molar-refractivity contribution in [1.82, 2.24) is 4.98 Å². The van der Waals surface area contributed by atoms with Crippen molar-refractivity contribution in [2.24, 2.45) is 0 Å². The van der Waals surface area contributed by atoms with Crippen molar-refractivity contribution in [3.63, 3.8) is 0 Å². The van der Waals surface area contributed by atoms with Crippen molar-refractivity contribution in [3.8, 4) is 0 Å². The van der Waals surface area contributed by atoms with Crippen LogP contribution in [-0.4, -0.2) is 4.98 Å². The molecule has 0 saturated heterocycles. The van der Waals surface area contributed by atoms with Crippen LogP contribution in [0.25, 0.3) is 0 Å². The van der Waals surface area contributed by atoms with Gasteiger partial charge in [-0.15, -0.1) is 0 Å². The third kappa shape index (κ3) is 2.18. The van der Waals surface area contributed by atoms with Crippen molar-refractivity contribution in [3.05, 3.63) is 30.1 Å². The van der Waals surface area contributed by atoms with Crippen LogP contribution >= 0.6 is 0 Å². The Morgan fingerprint density at radius 2 is 2.38 bits per heavy atom. The summed E-state index contributed by atoms with van der Waals surface area (Å²) < 4.78 is 0. The fourth-order valence-corrected chi connectivity index (χ4v) is 0.385. The van der Waals surface area contributed by atoms with Crippen LogP contribution in [0.1, 0.15) is 5.56 Å². The fourth-order valence-electron chi connectivity index (χ4n) is 0.385. The van der Waals surface area contributed by atoms with E-state index in [1.54, 1.807) is 6.20 Å². The summed E-state index contributed by atoms with van der Waals surface area (Å²) in [5.41, 5.74) is 1.20. The minimum absolute atomic E-state index is 0. The first kappa shape index (κ1) is 7.77. The molecule has 1 rings (SSSR count). The van der Waals surface area contributed by atoms with Gasteiger partial charge in [0.2, 0.25) is 0 Å². The van der Waals surface area contributed by atoms with E-state index in [-0.39, 0.29) is 19.5 Å². The molecule has 0 aliphatic carbocycles. The number of hydrogen-bond donors (Lipinski definition) is 0. The Balaban J connectivity index is 0.000000490. The van der Waals surface area contributed by atoms with Gasteiger partial charge in [0.05, 0.1) is 0 Å². The zero-order valence-electron chi connectivity index (χ0n) is 4.89. The van der Waals surface area contributed by atoms with Crippen LogP contribution in [0.3, 0.4) is 0 Å². The van der Waals surface area contributed by atoms with Crippen molar-refractivity contribution >= 4 is 0 Å². The molecular formula is C6H6NZn-. The molecular weight excluding hydrogens is 151 g/mol. The predicted molar refractivity (Wildman–Crippen MR) is 27.8 cm³/mol. The maximum atomic E-state index is 3.72. The summed E-state index contributed by atoms with van der Waals surface area (Å²) >= 11 is 0. The number of nitrogens with zero attached hydrogens (tertiary/aromatic N) is 1. The van der Waals surface area contributed by atoms with Crippen LogP contribution in [-0.2, 0) is 19.5 Å². The molecule has 1 aromatic rings. The summed E-state index contributed by atoms with van der Waals surface area (Å²) in [6.07, 6.45) is 4.44. The van der Waals surface area contributed by atoms with Crippen molar-refractivity contribution in [2.45, 2.75) is 6.92 Å². The Labute approximate surface area is 61.9 Å². The van der Waals surface area contributed by atoms with E-state index in [1.807, 2.05) is 19.1 Å². The van der Waals surface area contributed by atoms with Crippen molar-refractivity contribution in [2.75, 3.05) is 0 Å². The number of aryl methyl sites for hydroxylation is 1. The molecule has 0 aliphatic rings. The van der Waals surface area contributed by atoms with Gasteiger partial charge in [0.1, 0.15) is 0 Å². The maximum absolute atomic E-state index is 3.72. The average molecular weight is 158 g/mol. The second kappa shape index (κ2) is 3.74. The summed E-state index contributed by atoms with van der Waals surface area (Å²) in [5.74, 6) is 0. The smallest absolute Gasteiger partial charge is 0 e. The van der Waals surface area contributed by atoms with Gasteiger partial charge in [0.25, 0.3) is 0 Å². The van der Waals surface area contributed by atoms with Gasteiger partial charge in [-0.25, -0.2) is 0 Å². The third-order valence-corrected chi connectivity index (χ3v) is 0.779. The standard InChI is InChI=1S/C6H6N.Zn/c1-6-2-4-7-5-3-6;/h2-4H,1H3;/q-1;. The minimum atomic E-state index is 0. The Kier molecular flexibility index (Phi) is 3.63. The van der Waals surface area contributed by atoms with E-state index in [0.29, 0.717) is 0 Å². The molecule has 1 aromatic heterocycles. The number of pyridine rings is 1. The van der Waals surface area contributed by atoms with Gasteiger partial charge in [0, 0.05) is 19.5 Å². The molecule has 0 unspecified atom stereocenters. The van der Waals surface area contributed by atoms with E-state index < -0.39 is 0 Å². The van der Waals surface area contributed by atoms with Gasteiger partial charge in [0.15, 0.2) is 0 Å². The van der Waals surface area contributed by atoms with E-state index in [2.05, 4.69) is 11.2 Å². The van der Waals surface area contributed by atoms with E-state index in [1.165, 1.54) is 5.56 Å². The van der Waals surface area contributed by atoms with E-state index in [9.17, 15) is 0 Å². The van der Waals surface area contributed by atoms with Crippen LogP contribution in [0.4, 0.5) is 0 Å².